The van der Waals surface area contributed by atoms with Crippen molar-refractivity contribution in [1.29, 1.82) is 0 Å². The zero-order valence-electron chi connectivity index (χ0n) is 9.89. The second-order valence-electron chi connectivity index (χ2n) is 4.14. The molecule has 3 nitrogen and oxygen atoms in total. The van der Waals surface area contributed by atoms with Crippen molar-refractivity contribution >= 4 is 17.0 Å². The third-order valence-corrected chi connectivity index (χ3v) is 3.64. The number of thiazole rings is 1. The summed E-state index contributed by atoms with van der Waals surface area (Å²) in [7, 11) is 0. The number of rotatable bonds is 5. The number of aromatic nitrogens is 1. The molecule has 4 heteroatoms. The lowest BCUT2D eigenvalue weighted by Crippen LogP contribution is -2.19. The van der Waals surface area contributed by atoms with Gasteiger partial charge in [-0.3, -0.25) is 0 Å². The van der Waals surface area contributed by atoms with E-state index in [-0.39, 0.29) is 0 Å². The average Bonchev–Trinajstić information content (AvgIpc) is 2.85. The van der Waals surface area contributed by atoms with Crippen molar-refractivity contribution in [2.24, 2.45) is 0 Å². The third-order valence-electron chi connectivity index (χ3n) is 2.63. The highest BCUT2D eigenvalue weighted by molar-refractivity contribution is 7.09. The average molecular weight is 247 g/mol. The van der Waals surface area contributed by atoms with Crippen molar-refractivity contribution < 1.29 is 0 Å². The molecule has 0 amide bonds. The van der Waals surface area contributed by atoms with Crippen molar-refractivity contribution in [2.45, 2.75) is 19.4 Å². The Kier molecular flexibility index (Phi) is 4.12. The van der Waals surface area contributed by atoms with Gasteiger partial charge in [0, 0.05) is 36.3 Å². The Balaban J connectivity index is 1.78. The maximum Gasteiger partial charge on any atom is 0.0965 e. The summed E-state index contributed by atoms with van der Waals surface area (Å²) in [5.41, 5.74) is 7.71. The number of benzene rings is 1. The molecule has 3 N–H and O–H groups in total. The summed E-state index contributed by atoms with van der Waals surface area (Å²) in [5.74, 6) is 0.462. The summed E-state index contributed by atoms with van der Waals surface area (Å²) in [6, 6.07) is 7.97. The molecule has 0 aliphatic carbocycles. The molecule has 0 aliphatic rings. The van der Waals surface area contributed by atoms with Crippen molar-refractivity contribution in [1.82, 2.24) is 10.3 Å². The van der Waals surface area contributed by atoms with Crippen LogP contribution < -0.4 is 11.1 Å². The van der Waals surface area contributed by atoms with Crippen LogP contribution in [0.5, 0.6) is 0 Å². The molecule has 17 heavy (non-hydrogen) atoms. The van der Waals surface area contributed by atoms with Gasteiger partial charge in [0.1, 0.15) is 0 Å². The number of nitrogens with two attached hydrogens (primary N) is 1. The van der Waals surface area contributed by atoms with E-state index in [2.05, 4.69) is 29.4 Å². The van der Waals surface area contributed by atoms with Crippen LogP contribution in [0.4, 0.5) is 5.69 Å². The Morgan fingerprint density at radius 3 is 2.76 bits per heavy atom. The molecule has 0 radical (unpaired) electrons. The van der Waals surface area contributed by atoms with E-state index >= 15 is 0 Å². The maximum absolute atomic E-state index is 5.64. The summed E-state index contributed by atoms with van der Waals surface area (Å²) in [5, 5.41) is 6.64. The first-order chi connectivity index (χ1) is 8.25. The maximum atomic E-state index is 5.64. The molecular formula is C13H17N3S. The van der Waals surface area contributed by atoms with Crippen LogP contribution in [-0.2, 0) is 6.54 Å². The van der Waals surface area contributed by atoms with Crippen LogP contribution >= 0.6 is 11.3 Å². The lowest BCUT2D eigenvalue weighted by molar-refractivity contribution is 0.613. The fourth-order valence-electron chi connectivity index (χ4n) is 1.63. The molecule has 2 aromatic rings. The number of hydrogen-bond acceptors (Lipinski definition) is 4. The lowest BCUT2D eigenvalue weighted by Gasteiger charge is -2.10. The first-order valence-corrected chi connectivity index (χ1v) is 6.58. The molecule has 0 saturated heterocycles. The van der Waals surface area contributed by atoms with E-state index in [9.17, 15) is 0 Å². The molecular weight excluding hydrogens is 230 g/mol. The Labute approximate surface area is 106 Å². The monoisotopic (exact) mass is 247 g/mol. The minimum absolute atomic E-state index is 0.462. The van der Waals surface area contributed by atoms with Gasteiger partial charge in [-0.05, 0) is 17.7 Å². The van der Waals surface area contributed by atoms with Gasteiger partial charge in [-0.25, -0.2) is 4.98 Å². The highest BCUT2D eigenvalue weighted by Crippen LogP contribution is 2.16. The van der Waals surface area contributed by atoms with Crippen molar-refractivity contribution in [3.8, 4) is 0 Å². The second-order valence-corrected chi connectivity index (χ2v) is 5.07. The van der Waals surface area contributed by atoms with Crippen molar-refractivity contribution in [3.05, 3.63) is 46.4 Å². The zero-order chi connectivity index (χ0) is 12.1. The van der Waals surface area contributed by atoms with E-state index in [1.54, 1.807) is 11.3 Å². The summed E-state index contributed by atoms with van der Waals surface area (Å²) in [6.07, 6.45) is 1.86. The molecule has 2 rings (SSSR count). The summed E-state index contributed by atoms with van der Waals surface area (Å²) < 4.78 is 0. The van der Waals surface area contributed by atoms with Crippen molar-refractivity contribution in [2.75, 3.05) is 12.3 Å². The number of nitrogen functional groups attached to an aromatic ring is 1. The molecule has 0 bridgehead atoms. The number of anilines is 1. The Bertz CT molecular complexity index is 436. The van der Waals surface area contributed by atoms with Crippen LogP contribution in [0.2, 0.25) is 0 Å². The molecule has 0 spiro atoms. The number of nitrogens with zero attached hydrogens (tertiary/aromatic N) is 1. The summed E-state index contributed by atoms with van der Waals surface area (Å²) in [4.78, 5) is 4.32. The topological polar surface area (TPSA) is 50.9 Å². The molecule has 1 aromatic carbocycles. The molecule has 0 fully saturated rings. The number of hydrogen-bond donors (Lipinski definition) is 2. The molecule has 1 aromatic heterocycles. The lowest BCUT2D eigenvalue weighted by atomic mass is 10.1. The third kappa shape index (κ3) is 3.54. The predicted octanol–water partition coefficient (Wildman–Crippen LogP) is 2.62. The van der Waals surface area contributed by atoms with Gasteiger partial charge in [-0.2, -0.15) is 0 Å². The van der Waals surface area contributed by atoms with E-state index in [1.165, 1.54) is 10.6 Å². The molecule has 1 atom stereocenters. The van der Waals surface area contributed by atoms with Crippen LogP contribution in [0.25, 0.3) is 0 Å². The smallest absolute Gasteiger partial charge is 0.0965 e. The molecule has 1 unspecified atom stereocenters. The molecule has 0 aliphatic heterocycles. The molecule has 90 valence electrons. The van der Waals surface area contributed by atoms with Gasteiger partial charge in [-0.15, -0.1) is 11.3 Å². The van der Waals surface area contributed by atoms with Crippen LogP contribution in [0.15, 0.2) is 35.8 Å². The van der Waals surface area contributed by atoms with Crippen LogP contribution in [-0.4, -0.2) is 11.5 Å². The van der Waals surface area contributed by atoms with Crippen LogP contribution in [0.3, 0.4) is 0 Å². The van der Waals surface area contributed by atoms with Gasteiger partial charge in [0.2, 0.25) is 0 Å². The molecule has 0 saturated carbocycles. The van der Waals surface area contributed by atoms with E-state index in [0.29, 0.717) is 5.92 Å². The first kappa shape index (κ1) is 12.1. The van der Waals surface area contributed by atoms with Gasteiger partial charge < -0.3 is 11.1 Å². The first-order valence-electron chi connectivity index (χ1n) is 5.70. The largest absolute Gasteiger partial charge is 0.399 e. The van der Waals surface area contributed by atoms with E-state index in [0.717, 1.165) is 18.8 Å². The van der Waals surface area contributed by atoms with Gasteiger partial charge >= 0.3 is 0 Å². The van der Waals surface area contributed by atoms with Crippen molar-refractivity contribution in [3.63, 3.8) is 0 Å². The van der Waals surface area contributed by atoms with E-state index < -0.39 is 0 Å². The Morgan fingerprint density at radius 1 is 1.35 bits per heavy atom. The number of nitrogens with one attached hydrogen (secondary N) is 1. The quantitative estimate of drug-likeness (QED) is 0.799. The second kappa shape index (κ2) is 5.80. The minimum atomic E-state index is 0.462. The minimum Gasteiger partial charge on any atom is -0.399 e. The van der Waals surface area contributed by atoms with Gasteiger partial charge in [0.05, 0.1) is 5.01 Å². The Morgan fingerprint density at radius 2 is 2.12 bits per heavy atom. The Hall–Kier alpha value is -1.39. The van der Waals surface area contributed by atoms with Gasteiger partial charge in [0.25, 0.3) is 0 Å². The standard InChI is InChI=1S/C13H17N3S/c1-10(13-16-6-7-17-13)8-15-9-11-2-4-12(14)5-3-11/h2-7,10,15H,8-9,14H2,1H3. The van der Waals surface area contributed by atoms with E-state index in [1.807, 2.05) is 23.7 Å². The fraction of sp³-hybridized carbons (Fsp3) is 0.308. The molecule has 1 heterocycles. The zero-order valence-corrected chi connectivity index (χ0v) is 10.7. The van der Waals surface area contributed by atoms with Gasteiger partial charge in [0.15, 0.2) is 0 Å². The van der Waals surface area contributed by atoms with Gasteiger partial charge in [-0.1, -0.05) is 19.1 Å². The highest BCUT2D eigenvalue weighted by atomic mass is 32.1. The summed E-state index contributed by atoms with van der Waals surface area (Å²) >= 11 is 1.71. The normalized spacial score (nSPS) is 12.5. The van der Waals surface area contributed by atoms with Crippen LogP contribution in [0, 0.1) is 0 Å². The SMILES string of the molecule is CC(CNCc1ccc(N)cc1)c1nccs1. The van der Waals surface area contributed by atoms with Crippen LogP contribution in [0.1, 0.15) is 23.4 Å². The predicted molar refractivity (Wildman–Crippen MR) is 73.1 cm³/mol. The summed E-state index contributed by atoms with van der Waals surface area (Å²) in [6.45, 7) is 4.00. The fourth-order valence-corrected chi connectivity index (χ4v) is 2.33. The highest BCUT2D eigenvalue weighted by Gasteiger charge is 2.06. The van der Waals surface area contributed by atoms with E-state index in [4.69, 9.17) is 5.73 Å².